The maximum Gasteiger partial charge on any atom is 0.573 e. The van der Waals surface area contributed by atoms with Crippen molar-refractivity contribution < 1.29 is 40.6 Å². The molecule has 0 N–H and O–H groups in total. The van der Waals surface area contributed by atoms with E-state index in [0.717, 1.165) is 22.6 Å². The number of carbonyl (C=O) groups is 1. The van der Waals surface area contributed by atoms with E-state index in [2.05, 4.69) is 14.5 Å². The molecule has 0 aliphatic heterocycles. The topological polar surface area (TPSA) is 48.4 Å². The third-order valence-corrected chi connectivity index (χ3v) is 3.03. The van der Waals surface area contributed by atoms with Gasteiger partial charge in [0.05, 0.1) is 16.4 Å². The smallest absolute Gasteiger partial charge is 0.461 e. The van der Waals surface area contributed by atoms with Gasteiger partial charge >= 0.3 is 18.5 Å². The Labute approximate surface area is 127 Å². The number of nitrogens with zero attached hydrogens (tertiary/aromatic N) is 1. The van der Waals surface area contributed by atoms with Crippen LogP contribution in [0.5, 0.6) is 5.75 Å². The highest BCUT2D eigenvalue weighted by Gasteiger charge is 2.42. The number of hydrogen-bond acceptors (Lipinski definition) is 4. The minimum absolute atomic E-state index is 0.213. The van der Waals surface area contributed by atoms with Crippen LogP contribution in [0.1, 0.15) is 23.0 Å². The molecule has 0 aliphatic carbocycles. The van der Waals surface area contributed by atoms with Crippen molar-refractivity contribution in [3.05, 3.63) is 21.0 Å². The lowest BCUT2D eigenvalue weighted by Gasteiger charge is -2.16. The summed E-state index contributed by atoms with van der Waals surface area (Å²) in [6.45, 7) is 1.15. The van der Waals surface area contributed by atoms with Crippen LogP contribution >= 0.6 is 22.6 Å². The van der Waals surface area contributed by atoms with Crippen LogP contribution in [-0.4, -0.2) is 23.9 Å². The summed E-state index contributed by atoms with van der Waals surface area (Å²) < 4.78 is 82.0. The van der Waals surface area contributed by atoms with Gasteiger partial charge in [0.2, 0.25) is 0 Å². The van der Waals surface area contributed by atoms with Crippen molar-refractivity contribution in [3.63, 3.8) is 0 Å². The van der Waals surface area contributed by atoms with Gasteiger partial charge in [0.15, 0.2) is 11.4 Å². The molecule has 0 aromatic carbocycles. The summed E-state index contributed by atoms with van der Waals surface area (Å²) in [4.78, 5) is 14.5. The van der Waals surface area contributed by atoms with Gasteiger partial charge in [-0.05, 0) is 29.5 Å². The highest BCUT2D eigenvalue weighted by molar-refractivity contribution is 14.1. The summed E-state index contributed by atoms with van der Waals surface area (Å²) in [6.07, 6.45) is -9.90. The molecule has 11 heteroatoms. The van der Waals surface area contributed by atoms with Crippen LogP contribution in [0.3, 0.4) is 0 Å². The first-order valence-electron chi connectivity index (χ1n) is 5.16. The lowest BCUT2D eigenvalue weighted by atomic mass is 10.2. The summed E-state index contributed by atoms with van der Waals surface area (Å²) in [5.74, 6) is -2.54. The summed E-state index contributed by atoms with van der Waals surface area (Å²) in [7, 11) is 0. The van der Waals surface area contributed by atoms with Gasteiger partial charge in [-0.15, -0.1) is 13.2 Å². The molecule has 0 radical (unpaired) electrons. The van der Waals surface area contributed by atoms with Crippen molar-refractivity contribution in [2.75, 3.05) is 6.61 Å². The number of rotatable bonds is 3. The molecule has 0 saturated carbocycles. The largest absolute Gasteiger partial charge is 0.573 e. The molecule has 1 rings (SSSR count). The Balaban J connectivity index is 3.43. The highest BCUT2D eigenvalue weighted by atomic mass is 127. The summed E-state index contributed by atoms with van der Waals surface area (Å²) in [6, 6.07) is 0. The van der Waals surface area contributed by atoms with Crippen LogP contribution in [0.15, 0.2) is 6.20 Å². The fourth-order valence-electron chi connectivity index (χ4n) is 1.28. The van der Waals surface area contributed by atoms with Crippen LogP contribution in [0.25, 0.3) is 0 Å². The molecule has 0 unspecified atom stereocenters. The zero-order valence-corrected chi connectivity index (χ0v) is 12.3. The molecule has 0 spiro atoms. The maximum absolute atomic E-state index is 12.9. The maximum atomic E-state index is 12.9. The summed E-state index contributed by atoms with van der Waals surface area (Å²) >= 11 is 1.00. The first kappa shape index (κ1) is 17.8. The fourth-order valence-corrected chi connectivity index (χ4v) is 2.09. The van der Waals surface area contributed by atoms with Gasteiger partial charge in [-0.2, -0.15) is 13.2 Å². The first-order valence-corrected chi connectivity index (χ1v) is 6.23. The minimum Gasteiger partial charge on any atom is -0.461 e. The van der Waals surface area contributed by atoms with Crippen LogP contribution in [-0.2, 0) is 10.9 Å². The van der Waals surface area contributed by atoms with E-state index in [0.29, 0.717) is 6.20 Å². The normalized spacial score (nSPS) is 12.2. The Morgan fingerprint density at radius 1 is 1.29 bits per heavy atom. The second-order valence-corrected chi connectivity index (χ2v) is 4.50. The predicted molar refractivity (Wildman–Crippen MR) is 64.6 cm³/mol. The lowest BCUT2D eigenvalue weighted by molar-refractivity contribution is -0.275. The molecule has 1 aromatic rings. The van der Waals surface area contributed by atoms with Gasteiger partial charge in [-0.1, -0.05) is 0 Å². The first-order chi connectivity index (χ1) is 9.47. The molecule has 0 fully saturated rings. The molecule has 1 heterocycles. The second kappa shape index (κ2) is 6.23. The van der Waals surface area contributed by atoms with E-state index in [1.807, 2.05) is 0 Å². The number of pyridine rings is 1. The Bertz CT molecular complexity index is 543. The van der Waals surface area contributed by atoms with Crippen LogP contribution < -0.4 is 4.74 Å². The molecule has 118 valence electrons. The second-order valence-electron chi connectivity index (χ2n) is 3.43. The molecular formula is C10H6F6INO3. The Kier molecular flexibility index (Phi) is 5.28. The average Bonchev–Trinajstić information content (AvgIpc) is 2.28. The monoisotopic (exact) mass is 429 g/mol. The molecular weight excluding hydrogens is 423 g/mol. The van der Waals surface area contributed by atoms with Crippen molar-refractivity contribution in [1.82, 2.24) is 4.98 Å². The van der Waals surface area contributed by atoms with E-state index in [-0.39, 0.29) is 6.61 Å². The van der Waals surface area contributed by atoms with Gasteiger partial charge in [-0.25, -0.2) is 9.78 Å². The number of alkyl halides is 6. The molecule has 0 bridgehead atoms. The fraction of sp³-hybridized carbons (Fsp3) is 0.400. The predicted octanol–water partition coefficient (Wildman–Crippen LogP) is 3.78. The van der Waals surface area contributed by atoms with Crippen molar-refractivity contribution >= 4 is 28.6 Å². The van der Waals surface area contributed by atoms with E-state index in [4.69, 9.17) is 0 Å². The van der Waals surface area contributed by atoms with Gasteiger partial charge in [-0.3, -0.25) is 0 Å². The van der Waals surface area contributed by atoms with E-state index >= 15 is 0 Å². The minimum atomic E-state index is -5.18. The van der Waals surface area contributed by atoms with Crippen molar-refractivity contribution in [2.45, 2.75) is 19.5 Å². The van der Waals surface area contributed by atoms with E-state index in [1.54, 1.807) is 0 Å². The third-order valence-electron chi connectivity index (χ3n) is 1.96. The Morgan fingerprint density at radius 2 is 1.86 bits per heavy atom. The number of carbonyl (C=O) groups excluding carboxylic acids is 1. The van der Waals surface area contributed by atoms with Crippen molar-refractivity contribution in [2.24, 2.45) is 0 Å². The molecule has 21 heavy (non-hydrogen) atoms. The number of halogens is 7. The van der Waals surface area contributed by atoms with Gasteiger partial charge in [0.1, 0.15) is 5.56 Å². The standard InChI is InChI=1S/C10H6F6INO3/c1-2-20-8(19)7-5(9(11,12)13)6(17)4(3-18-7)21-10(14,15)16/h3H,2H2,1H3. The number of hydrogen-bond donors (Lipinski definition) is 0. The Hall–Kier alpha value is -1.27. The Morgan fingerprint density at radius 3 is 2.29 bits per heavy atom. The molecule has 0 saturated heterocycles. The zero-order valence-electron chi connectivity index (χ0n) is 10.1. The van der Waals surface area contributed by atoms with Crippen LogP contribution in [0, 0.1) is 3.57 Å². The average molecular weight is 429 g/mol. The summed E-state index contributed by atoms with van der Waals surface area (Å²) in [5.41, 5.74) is -2.76. The van der Waals surface area contributed by atoms with E-state index in [9.17, 15) is 31.1 Å². The lowest BCUT2D eigenvalue weighted by Crippen LogP contribution is -2.22. The van der Waals surface area contributed by atoms with Crippen molar-refractivity contribution in [1.29, 1.82) is 0 Å². The molecule has 1 aromatic heterocycles. The molecule has 4 nitrogen and oxygen atoms in total. The van der Waals surface area contributed by atoms with Crippen molar-refractivity contribution in [3.8, 4) is 5.75 Å². The quantitative estimate of drug-likeness (QED) is 0.417. The molecule has 0 amide bonds. The summed E-state index contributed by atoms with van der Waals surface area (Å²) in [5, 5.41) is 0. The molecule has 0 aliphatic rings. The molecule has 0 atom stereocenters. The zero-order chi connectivity index (χ0) is 16.4. The number of esters is 1. The van der Waals surface area contributed by atoms with Crippen LogP contribution in [0.4, 0.5) is 26.3 Å². The third kappa shape index (κ3) is 4.61. The van der Waals surface area contributed by atoms with E-state index in [1.165, 1.54) is 6.92 Å². The van der Waals surface area contributed by atoms with Gasteiger partial charge < -0.3 is 9.47 Å². The van der Waals surface area contributed by atoms with E-state index < -0.39 is 39.1 Å². The number of aromatic nitrogens is 1. The SMILES string of the molecule is CCOC(=O)c1ncc(OC(F)(F)F)c(I)c1C(F)(F)F. The number of ether oxygens (including phenoxy) is 2. The van der Waals surface area contributed by atoms with Gasteiger partial charge in [0, 0.05) is 0 Å². The van der Waals surface area contributed by atoms with Gasteiger partial charge in [0.25, 0.3) is 0 Å². The highest BCUT2D eigenvalue weighted by Crippen LogP contribution is 2.39. The van der Waals surface area contributed by atoms with Crippen LogP contribution in [0.2, 0.25) is 0 Å².